The van der Waals surface area contributed by atoms with Gasteiger partial charge in [0.25, 0.3) is 0 Å². The molecule has 1 atom stereocenters. The van der Waals surface area contributed by atoms with E-state index in [0.29, 0.717) is 18.2 Å². The fourth-order valence-corrected chi connectivity index (χ4v) is 3.71. The monoisotopic (exact) mass is 322 g/mol. The maximum atomic E-state index is 9.77. The van der Waals surface area contributed by atoms with Gasteiger partial charge < -0.3 is 5.21 Å². The Morgan fingerprint density at radius 1 is 1.33 bits per heavy atom. The molecule has 4 rings (SSSR count). The Balaban J connectivity index is 1.70. The third-order valence-electron chi connectivity index (χ3n) is 4.91. The van der Waals surface area contributed by atoms with Crippen molar-refractivity contribution in [2.24, 2.45) is 5.92 Å². The summed E-state index contributed by atoms with van der Waals surface area (Å²) in [6.07, 6.45) is 12.0. The van der Waals surface area contributed by atoms with Gasteiger partial charge in [0.15, 0.2) is 5.82 Å². The van der Waals surface area contributed by atoms with E-state index in [2.05, 4.69) is 21.1 Å². The van der Waals surface area contributed by atoms with Gasteiger partial charge in [0.05, 0.1) is 30.4 Å². The number of hydrogen-bond donors (Lipinski definition) is 1. The quantitative estimate of drug-likeness (QED) is 0.745. The molecule has 1 aliphatic carbocycles. The van der Waals surface area contributed by atoms with Crippen molar-refractivity contribution in [3.8, 4) is 28.7 Å². The van der Waals surface area contributed by atoms with Gasteiger partial charge in [-0.2, -0.15) is 15.1 Å². The predicted molar refractivity (Wildman–Crippen MR) is 86.3 cm³/mol. The zero-order chi connectivity index (χ0) is 16.5. The topological polar surface area (TPSA) is 92.5 Å². The molecule has 1 fully saturated rings. The molecule has 0 unspecified atom stereocenters. The molecule has 0 aromatic carbocycles. The summed E-state index contributed by atoms with van der Waals surface area (Å²) in [5.41, 5.74) is 2.38. The van der Waals surface area contributed by atoms with E-state index in [1.165, 1.54) is 19.2 Å². The zero-order valence-corrected chi connectivity index (χ0v) is 13.2. The normalized spacial score (nSPS) is 16.5. The molecule has 2 aliphatic heterocycles. The van der Waals surface area contributed by atoms with Crippen LogP contribution in [0.4, 0.5) is 0 Å². The van der Waals surface area contributed by atoms with Gasteiger partial charge >= 0.3 is 0 Å². The van der Waals surface area contributed by atoms with Gasteiger partial charge in [0.2, 0.25) is 0 Å². The van der Waals surface area contributed by atoms with Crippen molar-refractivity contribution >= 4 is 0 Å². The van der Waals surface area contributed by atoms with Gasteiger partial charge in [-0.1, -0.05) is 12.8 Å². The first-order chi connectivity index (χ1) is 11.8. The van der Waals surface area contributed by atoms with Crippen LogP contribution in [0.15, 0.2) is 31.0 Å². The Hall–Kier alpha value is -2.88. The first-order valence-corrected chi connectivity index (χ1v) is 8.20. The van der Waals surface area contributed by atoms with Crippen molar-refractivity contribution < 1.29 is 5.21 Å². The number of rotatable bonds is 4. The van der Waals surface area contributed by atoms with Crippen molar-refractivity contribution in [1.82, 2.24) is 24.5 Å². The molecule has 3 aliphatic rings. The highest BCUT2D eigenvalue weighted by atomic mass is 16.5. The standard InChI is InChI=1S/C17H18N6O/c18-7-5-15(12-3-1-2-4-12)22-10-13(9-21-22)16-14-6-8-19-17(14)23(24)11-20-16/h6,8-12,15,24H,1-5H2/t15-/m1/s1. The first kappa shape index (κ1) is 14.7. The fraction of sp³-hybridized carbons (Fsp3) is 0.412. The largest absolute Gasteiger partial charge is 0.425 e. The maximum absolute atomic E-state index is 9.77. The third-order valence-corrected chi connectivity index (χ3v) is 4.91. The minimum atomic E-state index is 0.117. The van der Waals surface area contributed by atoms with E-state index in [1.54, 1.807) is 12.4 Å². The van der Waals surface area contributed by atoms with Gasteiger partial charge in [0.1, 0.15) is 6.33 Å². The summed E-state index contributed by atoms with van der Waals surface area (Å²) in [4.78, 5) is 8.46. The van der Waals surface area contributed by atoms with Gasteiger partial charge in [-0.25, -0.2) is 9.97 Å². The minimum Gasteiger partial charge on any atom is -0.425 e. The number of fused-ring (bicyclic) bond motifs is 1. The zero-order valence-electron chi connectivity index (χ0n) is 13.2. The van der Waals surface area contributed by atoms with Crippen LogP contribution in [0.3, 0.4) is 0 Å². The van der Waals surface area contributed by atoms with E-state index < -0.39 is 0 Å². The van der Waals surface area contributed by atoms with E-state index >= 15 is 0 Å². The Kier molecular flexibility index (Phi) is 3.65. The van der Waals surface area contributed by atoms with Crippen molar-refractivity contribution in [3.63, 3.8) is 0 Å². The molecular weight excluding hydrogens is 304 g/mol. The molecule has 1 saturated carbocycles. The number of nitriles is 1. The molecule has 0 amide bonds. The smallest absolute Gasteiger partial charge is 0.179 e. The lowest BCUT2D eigenvalue weighted by Crippen LogP contribution is -2.17. The first-order valence-electron chi connectivity index (χ1n) is 8.20. The highest BCUT2D eigenvalue weighted by Gasteiger charge is 2.27. The Morgan fingerprint density at radius 3 is 2.96 bits per heavy atom. The molecule has 122 valence electrons. The molecule has 0 bridgehead atoms. The number of nitrogens with zero attached hydrogens (tertiary/aromatic N) is 6. The molecule has 0 radical (unpaired) electrons. The molecule has 24 heavy (non-hydrogen) atoms. The Labute approximate surface area is 139 Å². The molecule has 7 heteroatoms. The molecule has 3 heterocycles. The molecule has 0 saturated heterocycles. The van der Waals surface area contributed by atoms with Crippen LogP contribution in [0.1, 0.15) is 38.1 Å². The SMILES string of the molecule is N#CC[C@H](C1CCCC1)n1cc(-c2ncn(O)c3nccc2-3)cn1. The molecule has 0 spiro atoms. The summed E-state index contributed by atoms with van der Waals surface area (Å²) >= 11 is 0. The second kappa shape index (κ2) is 5.96. The van der Waals surface area contributed by atoms with E-state index in [9.17, 15) is 10.5 Å². The summed E-state index contributed by atoms with van der Waals surface area (Å²) < 4.78 is 2.83. The lowest BCUT2D eigenvalue weighted by molar-refractivity contribution is 0.183. The number of aromatic nitrogens is 5. The average molecular weight is 322 g/mol. The lowest BCUT2D eigenvalue weighted by atomic mass is 9.96. The van der Waals surface area contributed by atoms with E-state index in [-0.39, 0.29) is 6.04 Å². The van der Waals surface area contributed by atoms with Crippen LogP contribution in [-0.2, 0) is 0 Å². The lowest BCUT2D eigenvalue weighted by Gasteiger charge is -2.21. The van der Waals surface area contributed by atoms with Crippen molar-refractivity contribution in [1.29, 1.82) is 5.26 Å². The molecule has 7 nitrogen and oxygen atoms in total. The molecule has 1 N–H and O–H groups in total. The predicted octanol–water partition coefficient (Wildman–Crippen LogP) is 3.13. The summed E-state index contributed by atoms with van der Waals surface area (Å²) in [6, 6.07) is 4.24. The van der Waals surface area contributed by atoms with Crippen LogP contribution < -0.4 is 0 Å². The fourth-order valence-electron chi connectivity index (χ4n) is 3.71. The number of hydrogen-bond acceptors (Lipinski definition) is 5. The van der Waals surface area contributed by atoms with Crippen LogP contribution in [0, 0.1) is 17.2 Å². The second-order valence-electron chi connectivity index (χ2n) is 6.30. The van der Waals surface area contributed by atoms with Gasteiger partial charge in [-0.15, -0.1) is 0 Å². The molecular formula is C17H18N6O. The van der Waals surface area contributed by atoms with Crippen LogP contribution >= 0.6 is 0 Å². The van der Waals surface area contributed by atoms with Gasteiger partial charge in [-0.05, 0) is 24.8 Å². The second-order valence-corrected chi connectivity index (χ2v) is 6.30. The van der Waals surface area contributed by atoms with E-state index in [1.807, 2.05) is 16.9 Å². The average Bonchev–Trinajstić information content (AvgIpc) is 3.33. The summed E-state index contributed by atoms with van der Waals surface area (Å²) in [5.74, 6) is 0.985. The van der Waals surface area contributed by atoms with Crippen molar-refractivity contribution in [3.05, 3.63) is 31.0 Å². The van der Waals surface area contributed by atoms with Crippen LogP contribution in [0.2, 0.25) is 0 Å². The summed E-state index contributed by atoms with van der Waals surface area (Å²) in [5, 5.41) is 23.5. The molecule has 1 aromatic heterocycles. The Bertz CT molecular complexity index is 854. The highest BCUT2D eigenvalue weighted by molar-refractivity contribution is 5.77. The van der Waals surface area contributed by atoms with Gasteiger partial charge in [-0.3, -0.25) is 4.68 Å². The van der Waals surface area contributed by atoms with E-state index in [0.717, 1.165) is 34.4 Å². The summed E-state index contributed by atoms with van der Waals surface area (Å²) in [6.45, 7) is 0. The van der Waals surface area contributed by atoms with Crippen LogP contribution in [0.25, 0.3) is 22.6 Å². The minimum absolute atomic E-state index is 0.117. The summed E-state index contributed by atoms with van der Waals surface area (Å²) in [7, 11) is 0. The molecule has 1 aromatic rings. The van der Waals surface area contributed by atoms with Gasteiger partial charge in [0, 0.05) is 23.5 Å². The van der Waals surface area contributed by atoms with E-state index in [4.69, 9.17) is 0 Å². The van der Waals surface area contributed by atoms with Crippen molar-refractivity contribution in [2.75, 3.05) is 0 Å². The highest BCUT2D eigenvalue weighted by Crippen LogP contribution is 2.37. The third kappa shape index (κ3) is 2.40. The Morgan fingerprint density at radius 2 is 2.17 bits per heavy atom. The van der Waals surface area contributed by atoms with Crippen molar-refractivity contribution in [2.45, 2.75) is 38.1 Å². The van der Waals surface area contributed by atoms with Crippen LogP contribution in [0.5, 0.6) is 0 Å². The maximum Gasteiger partial charge on any atom is 0.179 e. The van der Waals surface area contributed by atoms with Crippen LogP contribution in [-0.4, -0.2) is 29.7 Å².